The Balaban J connectivity index is 1.62. The zero-order valence-corrected chi connectivity index (χ0v) is 10.9. The molecule has 1 N–H and O–H groups in total. The molecule has 0 saturated heterocycles. The molecule has 100 valence electrons. The summed E-state index contributed by atoms with van der Waals surface area (Å²) in [7, 11) is 0. The van der Waals surface area contributed by atoms with E-state index in [-0.39, 0.29) is 6.61 Å². The van der Waals surface area contributed by atoms with E-state index in [0.717, 1.165) is 43.8 Å². The molecule has 1 aromatic carbocycles. The van der Waals surface area contributed by atoms with Gasteiger partial charge in [0.05, 0.1) is 6.61 Å². The zero-order chi connectivity index (χ0) is 13.1. The number of rotatable bonds is 4. The lowest BCUT2D eigenvalue weighted by atomic mass is 10.1. The first-order valence-electron chi connectivity index (χ1n) is 6.70. The van der Waals surface area contributed by atoms with Crippen molar-refractivity contribution in [1.29, 1.82) is 0 Å². The van der Waals surface area contributed by atoms with Crippen molar-refractivity contribution in [3.05, 3.63) is 52.9 Å². The predicted octanol–water partition coefficient (Wildman–Crippen LogP) is 1.77. The number of hydrogen-bond acceptors (Lipinski definition) is 4. The molecular weight excluding hydrogens is 240 g/mol. The summed E-state index contributed by atoms with van der Waals surface area (Å²) in [5.41, 5.74) is 3.14. The molecule has 0 bridgehead atoms. The first-order chi connectivity index (χ1) is 9.36. The van der Waals surface area contributed by atoms with Crippen LogP contribution in [0.25, 0.3) is 0 Å². The van der Waals surface area contributed by atoms with Crippen molar-refractivity contribution in [3.8, 4) is 0 Å². The molecule has 0 atom stereocenters. The molecule has 4 heteroatoms. The summed E-state index contributed by atoms with van der Waals surface area (Å²) < 4.78 is 5.25. The quantitative estimate of drug-likeness (QED) is 0.908. The van der Waals surface area contributed by atoms with Crippen LogP contribution in [0.5, 0.6) is 0 Å². The maximum Gasteiger partial charge on any atom is 0.142 e. The van der Waals surface area contributed by atoms with Gasteiger partial charge in [0, 0.05) is 31.6 Å². The lowest BCUT2D eigenvalue weighted by Crippen LogP contribution is -2.32. The molecule has 3 rings (SSSR count). The molecule has 19 heavy (non-hydrogen) atoms. The van der Waals surface area contributed by atoms with Gasteiger partial charge in [-0.15, -0.1) is 0 Å². The standard InChI is InChI=1S/C15H18N2O2/c18-11-14-13-10-17(9-7-15(13)19-16-14)8-6-12-4-2-1-3-5-12/h1-5,18H,6-11H2. The Morgan fingerprint density at radius 3 is 2.89 bits per heavy atom. The van der Waals surface area contributed by atoms with Crippen molar-refractivity contribution in [3.63, 3.8) is 0 Å². The Hall–Kier alpha value is -1.65. The van der Waals surface area contributed by atoms with Gasteiger partial charge in [0.2, 0.25) is 0 Å². The Morgan fingerprint density at radius 2 is 2.11 bits per heavy atom. The molecule has 1 aromatic heterocycles. The molecule has 0 aliphatic carbocycles. The zero-order valence-electron chi connectivity index (χ0n) is 10.9. The minimum absolute atomic E-state index is 0.0364. The average Bonchev–Trinajstić information content (AvgIpc) is 2.88. The van der Waals surface area contributed by atoms with Crippen LogP contribution in [0.4, 0.5) is 0 Å². The van der Waals surface area contributed by atoms with Crippen molar-refractivity contribution in [2.45, 2.75) is 26.0 Å². The van der Waals surface area contributed by atoms with Crippen LogP contribution in [0.2, 0.25) is 0 Å². The lowest BCUT2D eigenvalue weighted by Gasteiger charge is -2.25. The third-order valence-corrected chi connectivity index (χ3v) is 3.70. The van der Waals surface area contributed by atoms with Gasteiger partial charge in [-0.1, -0.05) is 35.5 Å². The topological polar surface area (TPSA) is 49.5 Å². The van der Waals surface area contributed by atoms with Crippen molar-refractivity contribution >= 4 is 0 Å². The van der Waals surface area contributed by atoms with E-state index in [4.69, 9.17) is 4.52 Å². The summed E-state index contributed by atoms with van der Waals surface area (Å²) in [6.45, 7) is 2.83. The van der Waals surface area contributed by atoms with Crippen molar-refractivity contribution in [1.82, 2.24) is 10.1 Å². The summed E-state index contributed by atoms with van der Waals surface area (Å²) in [5, 5.41) is 13.2. The number of aromatic nitrogens is 1. The van der Waals surface area contributed by atoms with Gasteiger partial charge in [-0.25, -0.2) is 0 Å². The lowest BCUT2D eigenvalue weighted by molar-refractivity contribution is 0.238. The monoisotopic (exact) mass is 258 g/mol. The van der Waals surface area contributed by atoms with Gasteiger partial charge in [-0.2, -0.15) is 0 Å². The smallest absolute Gasteiger partial charge is 0.142 e. The second-order valence-electron chi connectivity index (χ2n) is 4.95. The second-order valence-corrected chi connectivity index (χ2v) is 4.95. The highest BCUT2D eigenvalue weighted by molar-refractivity contribution is 5.25. The van der Waals surface area contributed by atoms with E-state index in [9.17, 15) is 5.11 Å². The van der Waals surface area contributed by atoms with E-state index in [1.165, 1.54) is 5.56 Å². The van der Waals surface area contributed by atoms with Gasteiger partial charge in [0.25, 0.3) is 0 Å². The van der Waals surface area contributed by atoms with E-state index in [1.807, 2.05) is 6.07 Å². The van der Waals surface area contributed by atoms with Gasteiger partial charge in [0.1, 0.15) is 11.5 Å². The maximum absolute atomic E-state index is 9.24. The molecule has 1 aliphatic rings. The highest BCUT2D eigenvalue weighted by Crippen LogP contribution is 2.22. The predicted molar refractivity (Wildman–Crippen MR) is 71.6 cm³/mol. The normalized spacial score (nSPS) is 15.4. The minimum atomic E-state index is -0.0364. The third kappa shape index (κ3) is 2.69. The Morgan fingerprint density at radius 1 is 1.26 bits per heavy atom. The highest BCUT2D eigenvalue weighted by Gasteiger charge is 2.23. The Bertz CT molecular complexity index is 523. The molecule has 2 heterocycles. The summed E-state index contributed by atoms with van der Waals surface area (Å²) in [6.07, 6.45) is 1.94. The third-order valence-electron chi connectivity index (χ3n) is 3.70. The maximum atomic E-state index is 9.24. The number of aliphatic hydroxyl groups excluding tert-OH is 1. The van der Waals surface area contributed by atoms with E-state index >= 15 is 0 Å². The van der Waals surface area contributed by atoms with Crippen molar-refractivity contribution < 1.29 is 9.63 Å². The summed E-state index contributed by atoms with van der Waals surface area (Å²) in [6, 6.07) is 10.5. The van der Waals surface area contributed by atoms with Gasteiger partial charge in [-0.3, -0.25) is 4.90 Å². The average molecular weight is 258 g/mol. The fraction of sp³-hybridized carbons (Fsp3) is 0.400. The summed E-state index contributed by atoms with van der Waals surface area (Å²) in [5.74, 6) is 0.944. The fourth-order valence-corrected chi connectivity index (χ4v) is 2.57. The summed E-state index contributed by atoms with van der Waals surface area (Å²) in [4.78, 5) is 2.39. The van der Waals surface area contributed by atoms with E-state index < -0.39 is 0 Å². The van der Waals surface area contributed by atoms with E-state index in [1.54, 1.807) is 0 Å². The van der Waals surface area contributed by atoms with Crippen LogP contribution in [0.1, 0.15) is 22.6 Å². The number of aliphatic hydroxyl groups is 1. The highest BCUT2D eigenvalue weighted by atomic mass is 16.5. The Kier molecular flexibility index (Phi) is 3.62. The van der Waals surface area contributed by atoms with Crippen LogP contribution in [0.3, 0.4) is 0 Å². The van der Waals surface area contributed by atoms with Crippen LogP contribution < -0.4 is 0 Å². The SMILES string of the molecule is OCc1noc2c1CN(CCc1ccccc1)CC2. The van der Waals surface area contributed by atoms with Gasteiger partial charge in [-0.05, 0) is 12.0 Å². The number of hydrogen-bond donors (Lipinski definition) is 1. The molecule has 0 fully saturated rings. The number of nitrogens with zero attached hydrogens (tertiary/aromatic N) is 2. The Labute approximate surface area is 112 Å². The molecule has 0 spiro atoms. The second kappa shape index (κ2) is 5.55. The minimum Gasteiger partial charge on any atom is -0.390 e. The molecule has 0 saturated carbocycles. The summed E-state index contributed by atoms with van der Waals surface area (Å²) >= 11 is 0. The molecule has 2 aromatic rings. The first kappa shape index (κ1) is 12.4. The molecule has 0 radical (unpaired) electrons. The van der Waals surface area contributed by atoms with Gasteiger partial charge < -0.3 is 9.63 Å². The molecule has 1 aliphatic heterocycles. The van der Waals surface area contributed by atoms with Crippen LogP contribution in [-0.2, 0) is 26.0 Å². The number of benzene rings is 1. The molecule has 4 nitrogen and oxygen atoms in total. The molecule has 0 amide bonds. The van der Waals surface area contributed by atoms with Gasteiger partial charge in [0.15, 0.2) is 0 Å². The van der Waals surface area contributed by atoms with E-state index in [0.29, 0.717) is 5.69 Å². The number of fused-ring (bicyclic) bond motifs is 1. The van der Waals surface area contributed by atoms with Crippen LogP contribution >= 0.6 is 0 Å². The van der Waals surface area contributed by atoms with Crippen LogP contribution in [0, 0.1) is 0 Å². The van der Waals surface area contributed by atoms with E-state index in [2.05, 4.69) is 34.3 Å². The molecular formula is C15H18N2O2. The van der Waals surface area contributed by atoms with Crippen molar-refractivity contribution in [2.24, 2.45) is 0 Å². The fourth-order valence-electron chi connectivity index (χ4n) is 2.57. The van der Waals surface area contributed by atoms with Crippen LogP contribution in [0.15, 0.2) is 34.9 Å². The first-order valence-corrected chi connectivity index (χ1v) is 6.70. The largest absolute Gasteiger partial charge is 0.390 e. The van der Waals surface area contributed by atoms with Crippen molar-refractivity contribution in [2.75, 3.05) is 13.1 Å². The van der Waals surface area contributed by atoms with Gasteiger partial charge >= 0.3 is 0 Å². The van der Waals surface area contributed by atoms with Crippen LogP contribution in [-0.4, -0.2) is 28.3 Å². The molecule has 0 unspecified atom stereocenters.